The van der Waals surface area contributed by atoms with Gasteiger partial charge in [-0.05, 0) is 6.92 Å². The monoisotopic (exact) mass is 158 g/mol. The van der Waals surface area contributed by atoms with E-state index in [1.807, 2.05) is 11.9 Å². The van der Waals surface area contributed by atoms with Crippen LogP contribution < -0.4 is 0 Å². The Hall–Kier alpha value is -0.610. The zero-order chi connectivity index (χ0) is 8.27. The van der Waals surface area contributed by atoms with E-state index in [0.29, 0.717) is 19.5 Å². The van der Waals surface area contributed by atoms with E-state index in [-0.39, 0.29) is 12.5 Å². The highest BCUT2D eigenvalue weighted by Crippen LogP contribution is 2.09. The number of amides is 1. The summed E-state index contributed by atoms with van der Waals surface area (Å²) in [6.07, 6.45) is 0.591. The predicted molar refractivity (Wildman–Crippen MR) is 40.7 cm³/mol. The number of hydrogen-bond acceptors (Lipinski definition) is 3. The van der Waals surface area contributed by atoms with Gasteiger partial charge in [0, 0.05) is 26.1 Å². The van der Waals surface area contributed by atoms with Gasteiger partial charge >= 0.3 is 0 Å². The van der Waals surface area contributed by atoms with Crippen LogP contribution in [-0.2, 0) is 4.79 Å². The molecule has 1 amide bonds. The molecule has 0 bridgehead atoms. The highest BCUT2D eigenvalue weighted by molar-refractivity contribution is 5.77. The van der Waals surface area contributed by atoms with E-state index in [0.717, 1.165) is 6.54 Å². The van der Waals surface area contributed by atoms with Gasteiger partial charge in [-0.15, -0.1) is 0 Å². The molecule has 0 aliphatic carbocycles. The summed E-state index contributed by atoms with van der Waals surface area (Å²) in [5.41, 5.74) is 0. The maximum atomic E-state index is 11.1. The standard InChI is InChI=1S/C7H14N2O2/c1-2-9-7(11)3-4-8(9)5-6-10/h10H,2-6H2,1H3. The van der Waals surface area contributed by atoms with Crippen LogP contribution in [0, 0.1) is 0 Å². The van der Waals surface area contributed by atoms with Crippen LogP contribution in [0.2, 0.25) is 0 Å². The fraction of sp³-hybridized carbons (Fsp3) is 0.857. The van der Waals surface area contributed by atoms with E-state index < -0.39 is 0 Å². The molecule has 0 atom stereocenters. The molecule has 0 aromatic heterocycles. The van der Waals surface area contributed by atoms with Crippen LogP contribution >= 0.6 is 0 Å². The Bertz CT molecular complexity index is 149. The molecule has 0 spiro atoms. The summed E-state index contributed by atoms with van der Waals surface area (Å²) in [7, 11) is 0. The van der Waals surface area contributed by atoms with Gasteiger partial charge in [0.05, 0.1) is 6.61 Å². The number of aliphatic hydroxyl groups excluding tert-OH is 1. The predicted octanol–water partition coefficient (Wildman–Crippen LogP) is -0.552. The van der Waals surface area contributed by atoms with E-state index in [1.165, 1.54) is 0 Å². The molecule has 1 aliphatic rings. The molecule has 11 heavy (non-hydrogen) atoms. The summed E-state index contributed by atoms with van der Waals surface area (Å²) < 4.78 is 0. The van der Waals surface area contributed by atoms with E-state index >= 15 is 0 Å². The van der Waals surface area contributed by atoms with Crippen molar-refractivity contribution in [1.82, 2.24) is 10.0 Å². The van der Waals surface area contributed by atoms with Gasteiger partial charge in [-0.1, -0.05) is 0 Å². The Morgan fingerprint density at radius 3 is 2.91 bits per heavy atom. The van der Waals surface area contributed by atoms with Crippen LogP contribution in [0.25, 0.3) is 0 Å². The maximum absolute atomic E-state index is 11.1. The van der Waals surface area contributed by atoms with Gasteiger partial charge in [-0.2, -0.15) is 0 Å². The molecule has 1 rings (SSSR count). The number of nitrogens with zero attached hydrogens (tertiary/aromatic N) is 2. The molecule has 1 saturated heterocycles. The maximum Gasteiger partial charge on any atom is 0.238 e. The molecule has 1 fully saturated rings. The molecule has 4 nitrogen and oxygen atoms in total. The van der Waals surface area contributed by atoms with Crippen LogP contribution in [0.15, 0.2) is 0 Å². The summed E-state index contributed by atoms with van der Waals surface area (Å²) in [6.45, 7) is 4.09. The SMILES string of the molecule is CCN1C(=O)CCN1CCO. The highest BCUT2D eigenvalue weighted by atomic mass is 16.3. The smallest absolute Gasteiger partial charge is 0.238 e. The number of carbonyl (C=O) groups is 1. The van der Waals surface area contributed by atoms with Crippen LogP contribution in [0.4, 0.5) is 0 Å². The molecule has 0 radical (unpaired) electrons. The molecule has 1 heterocycles. The lowest BCUT2D eigenvalue weighted by Crippen LogP contribution is -2.40. The van der Waals surface area contributed by atoms with E-state index in [1.54, 1.807) is 5.01 Å². The third-order valence-electron chi connectivity index (χ3n) is 1.87. The van der Waals surface area contributed by atoms with E-state index in [2.05, 4.69) is 0 Å². The van der Waals surface area contributed by atoms with Crippen molar-refractivity contribution in [3.05, 3.63) is 0 Å². The van der Waals surface area contributed by atoms with Crippen LogP contribution in [-0.4, -0.2) is 47.3 Å². The first kappa shape index (κ1) is 8.49. The Labute approximate surface area is 66.4 Å². The fourth-order valence-electron chi connectivity index (χ4n) is 1.36. The largest absolute Gasteiger partial charge is 0.395 e. The number of β-amino-alcohol motifs (C(OH)–C–C–N with tert-alkyl or cyclic N) is 1. The summed E-state index contributed by atoms with van der Waals surface area (Å²) in [5.74, 6) is 0.168. The van der Waals surface area contributed by atoms with Gasteiger partial charge in [0.15, 0.2) is 0 Å². The molecule has 0 saturated carbocycles. The molecule has 4 heteroatoms. The van der Waals surface area contributed by atoms with Gasteiger partial charge in [-0.25, -0.2) is 5.01 Å². The minimum Gasteiger partial charge on any atom is -0.395 e. The molecule has 0 aromatic rings. The number of hydrazine groups is 1. The fourth-order valence-corrected chi connectivity index (χ4v) is 1.36. The quantitative estimate of drug-likeness (QED) is 0.599. The minimum absolute atomic E-state index is 0.115. The van der Waals surface area contributed by atoms with Crippen molar-refractivity contribution in [2.45, 2.75) is 13.3 Å². The van der Waals surface area contributed by atoms with Crippen molar-refractivity contribution in [2.24, 2.45) is 0 Å². The minimum atomic E-state index is 0.115. The second-order valence-corrected chi connectivity index (χ2v) is 2.54. The Kier molecular flexibility index (Phi) is 2.84. The van der Waals surface area contributed by atoms with Gasteiger partial charge < -0.3 is 5.11 Å². The first-order valence-electron chi connectivity index (χ1n) is 3.95. The molecular weight excluding hydrogens is 144 g/mol. The third-order valence-corrected chi connectivity index (χ3v) is 1.87. The molecular formula is C7H14N2O2. The first-order valence-corrected chi connectivity index (χ1v) is 3.95. The summed E-state index contributed by atoms with van der Waals surface area (Å²) >= 11 is 0. The zero-order valence-corrected chi connectivity index (χ0v) is 6.79. The lowest BCUT2D eigenvalue weighted by Gasteiger charge is -2.25. The van der Waals surface area contributed by atoms with Gasteiger partial charge in [-0.3, -0.25) is 9.80 Å². The van der Waals surface area contributed by atoms with Gasteiger partial charge in [0.25, 0.3) is 0 Å². The molecule has 0 unspecified atom stereocenters. The lowest BCUT2D eigenvalue weighted by molar-refractivity contribution is -0.137. The van der Waals surface area contributed by atoms with Crippen molar-refractivity contribution in [3.63, 3.8) is 0 Å². The second kappa shape index (κ2) is 3.69. The van der Waals surface area contributed by atoms with Crippen LogP contribution in [0.3, 0.4) is 0 Å². The lowest BCUT2D eigenvalue weighted by atomic mass is 10.4. The summed E-state index contributed by atoms with van der Waals surface area (Å²) in [6, 6.07) is 0. The van der Waals surface area contributed by atoms with Crippen LogP contribution in [0.1, 0.15) is 13.3 Å². The van der Waals surface area contributed by atoms with Crippen molar-refractivity contribution >= 4 is 5.91 Å². The Balaban J connectivity index is 2.47. The Morgan fingerprint density at radius 2 is 2.36 bits per heavy atom. The number of carbonyl (C=O) groups excluding carboxylic acids is 1. The zero-order valence-electron chi connectivity index (χ0n) is 6.79. The summed E-state index contributed by atoms with van der Waals surface area (Å²) in [4.78, 5) is 11.1. The molecule has 1 N–H and O–H groups in total. The van der Waals surface area contributed by atoms with E-state index in [9.17, 15) is 4.79 Å². The molecule has 1 aliphatic heterocycles. The second-order valence-electron chi connectivity index (χ2n) is 2.54. The van der Waals surface area contributed by atoms with Crippen molar-refractivity contribution < 1.29 is 9.90 Å². The molecule has 0 aromatic carbocycles. The average Bonchev–Trinajstić information content (AvgIpc) is 2.33. The average molecular weight is 158 g/mol. The van der Waals surface area contributed by atoms with E-state index in [4.69, 9.17) is 5.11 Å². The van der Waals surface area contributed by atoms with Crippen molar-refractivity contribution in [2.75, 3.05) is 26.2 Å². The molecule has 64 valence electrons. The van der Waals surface area contributed by atoms with Gasteiger partial charge in [0.1, 0.15) is 0 Å². The first-order chi connectivity index (χ1) is 5.29. The number of rotatable bonds is 3. The summed E-state index contributed by atoms with van der Waals surface area (Å²) in [5, 5.41) is 12.2. The number of hydrogen-bond donors (Lipinski definition) is 1. The van der Waals surface area contributed by atoms with Crippen molar-refractivity contribution in [3.8, 4) is 0 Å². The Morgan fingerprint density at radius 1 is 1.64 bits per heavy atom. The topological polar surface area (TPSA) is 43.8 Å². The van der Waals surface area contributed by atoms with Crippen molar-refractivity contribution in [1.29, 1.82) is 0 Å². The van der Waals surface area contributed by atoms with Gasteiger partial charge in [0.2, 0.25) is 5.91 Å². The third kappa shape index (κ3) is 1.70. The number of aliphatic hydroxyl groups is 1. The normalized spacial score (nSPS) is 19.8. The highest BCUT2D eigenvalue weighted by Gasteiger charge is 2.26. The van der Waals surface area contributed by atoms with Crippen LogP contribution in [0.5, 0.6) is 0 Å².